The molecule has 0 aliphatic heterocycles. The molecular formula is C13H19BrFN. The molecule has 0 spiro atoms. The van der Waals surface area contributed by atoms with Crippen LogP contribution in [0.1, 0.15) is 26.3 Å². The lowest BCUT2D eigenvalue weighted by Gasteiger charge is -2.30. The first kappa shape index (κ1) is 13.7. The molecule has 0 saturated carbocycles. The molecule has 0 radical (unpaired) electrons. The topological polar surface area (TPSA) is 12.0 Å². The second-order valence-corrected chi connectivity index (χ2v) is 6.01. The first-order valence-corrected chi connectivity index (χ1v) is 6.25. The minimum Gasteiger partial charge on any atom is -0.316 e. The Balaban J connectivity index is 2.83. The summed E-state index contributed by atoms with van der Waals surface area (Å²) >= 11 is 3.21. The summed E-state index contributed by atoms with van der Waals surface area (Å²) in [5.74, 6) is -0.208. The maximum atomic E-state index is 13.1. The van der Waals surface area contributed by atoms with Gasteiger partial charge in [-0.1, -0.05) is 26.8 Å². The molecule has 90 valence electrons. The van der Waals surface area contributed by atoms with Crippen LogP contribution in [0, 0.1) is 11.2 Å². The van der Waals surface area contributed by atoms with E-state index >= 15 is 0 Å². The fraction of sp³-hybridized carbons (Fsp3) is 0.538. The predicted octanol–water partition coefficient (Wildman–Crippen LogP) is 3.76. The monoisotopic (exact) mass is 287 g/mol. The van der Waals surface area contributed by atoms with Crippen LogP contribution in [0.25, 0.3) is 0 Å². The second-order valence-electron chi connectivity index (χ2n) is 5.16. The van der Waals surface area contributed by atoms with E-state index in [1.807, 2.05) is 19.2 Å². The maximum absolute atomic E-state index is 13.1. The fourth-order valence-corrected chi connectivity index (χ4v) is 2.17. The van der Waals surface area contributed by atoms with E-state index < -0.39 is 0 Å². The van der Waals surface area contributed by atoms with Crippen molar-refractivity contribution in [3.05, 3.63) is 34.1 Å². The van der Waals surface area contributed by atoms with Gasteiger partial charge in [-0.2, -0.15) is 0 Å². The van der Waals surface area contributed by atoms with Gasteiger partial charge in [0.1, 0.15) is 5.82 Å². The number of hydrogen-bond acceptors (Lipinski definition) is 1. The number of benzene rings is 1. The molecule has 0 amide bonds. The quantitative estimate of drug-likeness (QED) is 0.893. The minimum atomic E-state index is -0.208. The average molecular weight is 288 g/mol. The van der Waals surface area contributed by atoms with E-state index in [1.165, 1.54) is 6.07 Å². The first-order valence-electron chi connectivity index (χ1n) is 5.46. The van der Waals surface area contributed by atoms with Crippen molar-refractivity contribution in [3.63, 3.8) is 0 Å². The van der Waals surface area contributed by atoms with Crippen molar-refractivity contribution < 1.29 is 4.39 Å². The number of halogens is 2. The molecule has 1 nitrogen and oxygen atoms in total. The molecule has 0 aromatic heterocycles. The Kier molecular flexibility index (Phi) is 4.51. The van der Waals surface area contributed by atoms with Gasteiger partial charge in [-0.25, -0.2) is 4.39 Å². The Labute approximate surface area is 106 Å². The van der Waals surface area contributed by atoms with Crippen molar-refractivity contribution in [2.24, 2.45) is 5.41 Å². The van der Waals surface area contributed by atoms with Crippen LogP contribution in [0.5, 0.6) is 0 Å². The van der Waals surface area contributed by atoms with Gasteiger partial charge in [0, 0.05) is 6.04 Å². The van der Waals surface area contributed by atoms with Crippen molar-refractivity contribution in [1.82, 2.24) is 5.32 Å². The molecule has 0 fully saturated rings. The lowest BCUT2D eigenvalue weighted by Crippen LogP contribution is -2.39. The summed E-state index contributed by atoms with van der Waals surface area (Å²) in [6.45, 7) is 6.60. The van der Waals surface area contributed by atoms with Crippen molar-refractivity contribution >= 4 is 15.9 Å². The van der Waals surface area contributed by atoms with Crippen LogP contribution < -0.4 is 5.32 Å². The zero-order valence-corrected chi connectivity index (χ0v) is 11.9. The van der Waals surface area contributed by atoms with Gasteiger partial charge in [-0.05, 0) is 52.5 Å². The molecule has 0 bridgehead atoms. The van der Waals surface area contributed by atoms with E-state index in [1.54, 1.807) is 0 Å². The molecule has 3 heteroatoms. The molecular weight excluding hydrogens is 269 g/mol. The Morgan fingerprint density at radius 1 is 1.38 bits per heavy atom. The van der Waals surface area contributed by atoms with Crippen LogP contribution >= 0.6 is 15.9 Å². The Morgan fingerprint density at radius 3 is 2.44 bits per heavy atom. The number of hydrogen-bond donors (Lipinski definition) is 1. The molecule has 0 aliphatic carbocycles. The van der Waals surface area contributed by atoms with Gasteiger partial charge >= 0.3 is 0 Å². The zero-order valence-electron chi connectivity index (χ0n) is 10.3. The summed E-state index contributed by atoms with van der Waals surface area (Å²) in [6, 6.07) is 5.58. The normalized spacial score (nSPS) is 13.9. The fourth-order valence-electron chi connectivity index (χ4n) is 1.74. The summed E-state index contributed by atoms with van der Waals surface area (Å²) < 4.78 is 13.6. The van der Waals surface area contributed by atoms with Crippen LogP contribution in [-0.2, 0) is 6.42 Å². The smallest absolute Gasteiger partial charge is 0.137 e. The molecule has 16 heavy (non-hydrogen) atoms. The summed E-state index contributed by atoms with van der Waals surface area (Å²) in [5, 5.41) is 3.32. The first-order chi connectivity index (χ1) is 7.34. The van der Waals surface area contributed by atoms with Gasteiger partial charge in [-0.15, -0.1) is 0 Å². The van der Waals surface area contributed by atoms with Gasteiger partial charge in [0.15, 0.2) is 0 Å². The summed E-state index contributed by atoms with van der Waals surface area (Å²) in [6.07, 6.45) is 0.902. The number of rotatable bonds is 3. The molecule has 1 aromatic carbocycles. The van der Waals surface area contributed by atoms with E-state index in [-0.39, 0.29) is 11.2 Å². The average Bonchev–Trinajstić information content (AvgIpc) is 2.18. The van der Waals surface area contributed by atoms with E-state index in [0.29, 0.717) is 10.5 Å². The Bertz CT molecular complexity index is 357. The highest BCUT2D eigenvalue weighted by molar-refractivity contribution is 9.10. The van der Waals surface area contributed by atoms with Gasteiger partial charge in [0.25, 0.3) is 0 Å². The third-order valence-electron chi connectivity index (χ3n) is 2.82. The van der Waals surface area contributed by atoms with Crippen molar-refractivity contribution in [2.75, 3.05) is 7.05 Å². The lowest BCUT2D eigenvalue weighted by atomic mass is 9.83. The Hall–Kier alpha value is -0.410. The van der Waals surface area contributed by atoms with Crippen molar-refractivity contribution in [1.29, 1.82) is 0 Å². The van der Waals surface area contributed by atoms with Crippen molar-refractivity contribution in [2.45, 2.75) is 33.2 Å². The summed E-state index contributed by atoms with van der Waals surface area (Å²) in [4.78, 5) is 0. The van der Waals surface area contributed by atoms with Crippen LogP contribution in [0.3, 0.4) is 0 Å². The zero-order chi connectivity index (χ0) is 12.3. The molecule has 1 aromatic rings. The molecule has 0 heterocycles. The number of nitrogens with one attached hydrogen (secondary N) is 1. The van der Waals surface area contributed by atoms with E-state index in [0.717, 1.165) is 12.0 Å². The number of likely N-dealkylation sites (N-methyl/N-ethyl adjacent to an activating group) is 1. The summed E-state index contributed by atoms with van der Waals surface area (Å²) in [7, 11) is 1.97. The van der Waals surface area contributed by atoms with Crippen LogP contribution in [0.2, 0.25) is 0 Å². The highest BCUT2D eigenvalue weighted by Gasteiger charge is 2.23. The summed E-state index contributed by atoms with van der Waals surface area (Å²) in [5.41, 5.74) is 1.33. The SMILES string of the molecule is CNC(Cc1ccc(F)c(Br)c1)C(C)(C)C. The molecule has 1 unspecified atom stereocenters. The maximum Gasteiger partial charge on any atom is 0.137 e. The van der Waals surface area contributed by atoms with Crippen LogP contribution in [0.4, 0.5) is 4.39 Å². The standard InChI is InChI=1S/C13H19BrFN/c1-13(2,3)12(16-4)8-9-5-6-11(15)10(14)7-9/h5-7,12,16H,8H2,1-4H3. The van der Waals surface area contributed by atoms with Crippen LogP contribution in [-0.4, -0.2) is 13.1 Å². The van der Waals surface area contributed by atoms with E-state index in [2.05, 4.69) is 42.0 Å². The molecule has 1 rings (SSSR count). The lowest BCUT2D eigenvalue weighted by molar-refractivity contribution is 0.280. The third kappa shape index (κ3) is 3.56. The predicted molar refractivity (Wildman–Crippen MR) is 70.1 cm³/mol. The highest BCUT2D eigenvalue weighted by Crippen LogP contribution is 2.24. The highest BCUT2D eigenvalue weighted by atomic mass is 79.9. The second kappa shape index (κ2) is 5.28. The van der Waals surface area contributed by atoms with Crippen molar-refractivity contribution in [3.8, 4) is 0 Å². The Morgan fingerprint density at radius 2 is 2.00 bits per heavy atom. The largest absolute Gasteiger partial charge is 0.316 e. The van der Waals surface area contributed by atoms with Gasteiger partial charge in [0.2, 0.25) is 0 Å². The van der Waals surface area contributed by atoms with Crippen LogP contribution in [0.15, 0.2) is 22.7 Å². The third-order valence-corrected chi connectivity index (χ3v) is 3.43. The van der Waals surface area contributed by atoms with E-state index in [4.69, 9.17) is 0 Å². The van der Waals surface area contributed by atoms with E-state index in [9.17, 15) is 4.39 Å². The molecule has 1 N–H and O–H groups in total. The molecule has 1 atom stereocenters. The minimum absolute atomic E-state index is 0.190. The molecule has 0 saturated heterocycles. The van der Waals surface area contributed by atoms with Gasteiger partial charge < -0.3 is 5.32 Å². The molecule has 0 aliphatic rings. The van der Waals surface area contributed by atoms with Gasteiger partial charge in [-0.3, -0.25) is 0 Å². The van der Waals surface area contributed by atoms with Gasteiger partial charge in [0.05, 0.1) is 4.47 Å².